The molecule has 0 aromatic carbocycles. The zero-order valence-electron chi connectivity index (χ0n) is 11.7. The van der Waals surface area contributed by atoms with Crippen LogP contribution >= 0.6 is 0 Å². The third kappa shape index (κ3) is 3.42. The van der Waals surface area contributed by atoms with E-state index < -0.39 is 0 Å². The Morgan fingerprint density at radius 2 is 2.20 bits per heavy atom. The van der Waals surface area contributed by atoms with Crippen LogP contribution in [0.5, 0.6) is 0 Å². The predicted molar refractivity (Wildman–Crippen MR) is 78.3 cm³/mol. The first-order valence-corrected chi connectivity index (χ1v) is 6.52. The highest BCUT2D eigenvalue weighted by Crippen LogP contribution is 2.20. The van der Waals surface area contributed by atoms with E-state index in [0.29, 0.717) is 6.61 Å². The predicted octanol–water partition coefficient (Wildman–Crippen LogP) is 1.82. The average molecular weight is 273 g/mol. The third-order valence-electron chi connectivity index (χ3n) is 2.95. The molecule has 2 aromatic heterocycles. The summed E-state index contributed by atoms with van der Waals surface area (Å²) in [6.45, 7) is 2.54. The maximum atomic E-state index is 5.66. The molecule has 0 saturated carbocycles. The molecular formula is C14H19N5O. The normalized spacial score (nSPS) is 12.1. The number of anilines is 2. The molecule has 0 spiro atoms. The van der Waals surface area contributed by atoms with Gasteiger partial charge in [0.25, 0.3) is 0 Å². The molecule has 0 bridgehead atoms. The molecule has 3 N–H and O–H groups in total. The molecule has 6 heteroatoms. The number of methoxy groups -OCH3 is 1. The first-order valence-electron chi connectivity index (χ1n) is 6.52. The van der Waals surface area contributed by atoms with Gasteiger partial charge in [0.15, 0.2) is 0 Å². The molecule has 0 aliphatic rings. The van der Waals surface area contributed by atoms with Gasteiger partial charge in [-0.15, -0.1) is 0 Å². The lowest BCUT2D eigenvalue weighted by molar-refractivity contribution is 0.185. The third-order valence-corrected chi connectivity index (χ3v) is 2.95. The molecule has 106 valence electrons. The van der Waals surface area contributed by atoms with Gasteiger partial charge >= 0.3 is 0 Å². The number of hydrogen-bond donors (Lipinski definition) is 2. The molecule has 0 aliphatic heterocycles. The average Bonchev–Trinajstić information content (AvgIpc) is 2.48. The van der Waals surface area contributed by atoms with Crippen molar-refractivity contribution in [3.05, 3.63) is 41.9 Å². The van der Waals surface area contributed by atoms with Crippen molar-refractivity contribution in [3.8, 4) is 0 Å². The van der Waals surface area contributed by atoms with Gasteiger partial charge in [0.05, 0.1) is 18.3 Å². The van der Waals surface area contributed by atoms with Gasteiger partial charge in [0.1, 0.15) is 5.82 Å². The van der Waals surface area contributed by atoms with E-state index in [1.54, 1.807) is 19.5 Å². The summed E-state index contributed by atoms with van der Waals surface area (Å²) in [5, 5.41) is 3.34. The fourth-order valence-corrected chi connectivity index (χ4v) is 1.92. The Balaban J connectivity index is 2.26. The van der Waals surface area contributed by atoms with Crippen molar-refractivity contribution in [3.63, 3.8) is 0 Å². The van der Waals surface area contributed by atoms with Crippen molar-refractivity contribution in [2.75, 3.05) is 24.8 Å². The highest BCUT2D eigenvalue weighted by molar-refractivity contribution is 5.47. The van der Waals surface area contributed by atoms with Crippen LogP contribution < -0.4 is 11.1 Å². The van der Waals surface area contributed by atoms with Crippen molar-refractivity contribution in [1.82, 2.24) is 15.0 Å². The topological polar surface area (TPSA) is 86.0 Å². The monoisotopic (exact) mass is 273 g/mol. The second-order valence-electron chi connectivity index (χ2n) is 4.36. The highest BCUT2D eigenvalue weighted by atomic mass is 16.5. The lowest BCUT2D eigenvalue weighted by Crippen LogP contribution is -2.19. The number of nitrogens with one attached hydrogen (secondary N) is 1. The summed E-state index contributed by atoms with van der Waals surface area (Å²) in [5.74, 6) is 0.981. The Kier molecular flexibility index (Phi) is 4.84. The summed E-state index contributed by atoms with van der Waals surface area (Å²) in [5.41, 5.74) is 7.57. The molecule has 0 aliphatic carbocycles. The van der Waals surface area contributed by atoms with Crippen LogP contribution in [0, 0.1) is 0 Å². The Morgan fingerprint density at radius 1 is 1.35 bits per heavy atom. The van der Waals surface area contributed by atoms with Gasteiger partial charge in [-0.25, -0.2) is 4.98 Å². The molecule has 0 fully saturated rings. The van der Waals surface area contributed by atoms with Crippen LogP contribution in [0.3, 0.4) is 0 Å². The zero-order valence-corrected chi connectivity index (χ0v) is 11.7. The minimum Gasteiger partial charge on any atom is -0.382 e. The molecule has 20 heavy (non-hydrogen) atoms. The number of nitrogen functional groups attached to an aromatic ring is 1. The first kappa shape index (κ1) is 14.2. The Bertz CT molecular complexity index is 547. The van der Waals surface area contributed by atoms with Gasteiger partial charge in [0.2, 0.25) is 5.95 Å². The maximum Gasteiger partial charge on any atom is 0.221 e. The number of ether oxygens (including phenoxy) is 1. The number of nitrogens with zero attached hydrogens (tertiary/aromatic N) is 3. The molecular weight excluding hydrogens is 254 g/mol. The number of nitrogens with two attached hydrogens (primary N) is 1. The van der Waals surface area contributed by atoms with Crippen molar-refractivity contribution in [2.45, 2.75) is 19.4 Å². The SMILES string of the molecule is CCc1cnc(N)nc1NC(COC)c1ccccn1. The molecule has 2 heterocycles. The molecule has 2 rings (SSSR count). The summed E-state index contributed by atoms with van der Waals surface area (Å²) >= 11 is 0. The van der Waals surface area contributed by atoms with Gasteiger partial charge < -0.3 is 15.8 Å². The molecule has 1 atom stereocenters. The van der Waals surface area contributed by atoms with Gasteiger partial charge in [0, 0.05) is 25.1 Å². The molecule has 2 aromatic rings. The number of pyridine rings is 1. The summed E-state index contributed by atoms with van der Waals surface area (Å²) in [6.07, 6.45) is 4.33. The molecule has 6 nitrogen and oxygen atoms in total. The number of hydrogen-bond acceptors (Lipinski definition) is 6. The lowest BCUT2D eigenvalue weighted by Gasteiger charge is -2.19. The summed E-state index contributed by atoms with van der Waals surface area (Å²) < 4.78 is 5.26. The Hall–Kier alpha value is -2.21. The van der Waals surface area contributed by atoms with Crippen molar-refractivity contribution < 1.29 is 4.74 Å². The van der Waals surface area contributed by atoms with Gasteiger partial charge in [-0.05, 0) is 18.6 Å². The van der Waals surface area contributed by atoms with Gasteiger partial charge in [-0.1, -0.05) is 13.0 Å². The summed E-state index contributed by atoms with van der Waals surface area (Å²) in [4.78, 5) is 12.6. The van der Waals surface area contributed by atoms with E-state index in [1.807, 2.05) is 25.1 Å². The van der Waals surface area contributed by atoms with E-state index in [9.17, 15) is 0 Å². The van der Waals surface area contributed by atoms with Crippen LogP contribution in [0.2, 0.25) is 0 Å². The first-order chi connectivity index (χ1) is 9.74. The van der Waals surface area contributed by atoms with E-state index in [4.69, 9.17) is 10.5 Å². The lowest BCUT2D eigenvalue weighted by atomic mass is 10.1. The van der Waals surface area contributed by atoms with Crippen LogP contribution in [0.25, 0.3) is 0 Å². The van der Waals surface area contributed by atoms with Crippen molar-refractivity contribution in [2.24, 2.45) is 0 Å². The number of rotatable bonds is 6. The zero-order chi connectivity index (χ0) is 14.4. The molecule has 1 unspecified atom stereocenters. The second-order valence-corrected chi connectivity index (χ2v) is 4.36. The number of aromatic nitrogens is 3. The second kappa shape index (κ2) is 6.81. The number of aryl methyl sites for hydroxylation is 1. The molecule has 0 saturated heterocycles. The largest absolute Gasteiger partial charge is 0.382 e. The van der Waals surface area contributed by atoms with Crippen LogP contribution in [0.4, 0.5) is 11.8 Å². The van der Waals surface area contributed by atoms with Gasteiger partial charge in [-0.3, -0.25) is 4.98 Å². The van der Waals surface area contributed by atoms with Crippen molar-refractivity contribution in [1.29, 1.82) is 0 Å². The summed E-state index contributed by atoms with van der Waals surface area (Å²) in [7, 11) is 1.66. The molecule has 0 amide bonds. The maximum absolute atomic E-state index is 5.66. The minimum absolute atomic E-state index is 0.0826. The summed E-state index contributed by atoms with van der Waals surface area (Å²) in [6, 6.07) is 5.70. The van der Waals surface area contributed by atoms with E-state index in [0.717, 1.165) is 23.5 Å². The fourth-order valence-electron chi connectivity index (χ4n) is 1.92. The van der Waals surface area contributed by atoms with E-state index in [1.165, 1.54) is 0 Å². The van der Waals surface area contributed by atoms with E-state index in [2.05, 4.69) is 20.3 Å². The van der Waals surface area contributed by atoms with Crippen molar-refractivity contribution >= 4 is 11.8 Å². The van der Waals surface area contributed by atoms with Crippen LogP contribution in [0.1, 0.15) is 24.2 Å². The van der Waals surface area contributed by atoms with Gasteiger partial charge in [-0.2, -0.15) is 4.98 Å². The highest BCUT2D eigenvalue weighted by Gasteiger charge is 2.15. The van der Waals surface area contributed by atoms with E-state index in [-0.39, 0.29) is 12.0 Å². The Morgan fingerprint density at radius 3 is 2.85 bits per heavy atom. The Labute approximate surface area is 118 Å². The molecule has 0 radical (unpaired) electrons. The smallest absolute Gasteiger partial charge is 0.221 e. The van der Waals surface area contributed by atoms with E-state index >= 15 is 0 Å². The van der Waals surface area contributed by atoms with Crippen LogP contribution in [-0.2, 0) is 11.2 Å². The van der Waals surface area contributed by atoms with Crippen LogP contribution in [-0.4, -0.2) is 28.7 Å². The quantitative estimate of drug-likeness (QED) is 0.835. The minimum atomic E-state index is -0.0826. The fraction of sp³-hybridized carbons (Fsp3) is 0.357. The van der Waals surface area contributed by atoms with Crippen LogP contribution in [0.15, 0.2) is 30.6 Å². The standard InChI is InChI=1S/C14H19N5O/c1-3-10-8-17-14(15)19-13(10)18-12(9-20-2)11-6-4-5-7-16-11/h4-8,12H,3,9H2,1-2H3,(H3,15,17,18,19).